The van der Waals surface area contributed by atoms with Gasteiger partial charge in [-0.1, -0.05) is 32.0 Å². The number of benzene rings is 1. The maximum absolute atomic E-state index is 13.4. The number of hydrogen-bond acceptors (Lipinski definition) is 6. The maximum Gasteiger partial charge on any atom is 0.276 e. The Labute approximate surface area is 213 Å². The molecule has 0 saturated carbocycles. The van der Waals surface area contributed by atoms with Gasteiger partial charge in [0.1, 0.15) is 22.7 Å². The number of ether oxygens (including phenoxy) is 1. The summed E-state index contributed by atoms with van der Waals surface area (Å²) in [6.45, 7) is 12.0. The van der Waals surface area contributed by atoms with Crippen LogP contribution in [0.3, 0.4) is 0 Å². The lowest BCUT2D eigenvalue weighted by Crippen LogP contribution is -2.24. The second kappa shape index (κ2) is 10.1. The molecule has 180 valence electrons. The molecule has 0 spiro atoms. The minimum atomic E-state index is -0.243. The first-order chi connectivity index (χ1) is 16.7. The normalized spacial score (nSPS) is 11.2. The molecule has 1 aromatic carbocycles. The lowest BCUT2D eigenvalue weighted by atomic mass is 10.0. The quantitative estimate of drug-likeness (QED) is 0.312. The zero-order valence-corrected chi connectivity index (χ0v) is 22.3. The summed E-state index contributed by atoms with van der Waals surface area (Å²) in [4.78, 5) is 31.7. The number of aromatic nitrogens is 5. The third kappa shape index (κ3) is 5.17. The van der Waals surface area contributed by atoms with E-state index in [9.17, 15) is 4.79 Å². The second-order valence-corrected chi connectivity index (χ2v) is 9.69. The van der Waals surface area contributed by atoms with Crippen LogP contribution >= 0.6 is 15.9 Å². The Hall–Kier alpha value is -3.39. The van der Waals surface area contributed by atoms with Crippen molar-refractivity contribution in [2.45, 2.75) is 54.1 Å². The summed E-state index contributed by atoms with van der Waals surface area (Å²) < 4.78 is 7.72. The highest BCUT2D eigenvalue weighted by Gasteiger charge is 2.18. The third-order valence-electron chi connectivity index (χ3n) is 5.70. The zero-order chi connectivity index (χ0) is 25.3. The van der Waals surface area contributed by atoms with Crippen molar-refractivity contribution in [3.63, 3.8) is 0 Å². The highest BCUT2D eigenvalue weighted by molar-refractivity contribution is 9.10. The van der Waals surface area contributed by atoms with Gasteiger partial charge in [-0.25, -0.2) is 9.97 Å². The number of hydrogen-bond donors (Lipinski definition) is 0. The number of halogens is 1. The van der Waals surface area contributed by atoms with Crippen LogP contribution in [0.2, 0.25) is 0 Å². The molecule has 0 amide bonds. The van der Waals surface area contributed by atoms with Crippen molar-refractivity contribution < 1.29 is 4.74 Å². The smallest absolute Gasteiger partial charge is 0.276 e. The van der Waals surface area contributed by atoms with Crippen LogP contribution in [-0.4, -0.2) is 24.5 Å². The van der Waals surface area contributed by atoms with Crippen LogP contribution in [0.4, 0.5) is 0 Å². The maximum atomic E-state index is 13.4. The van der Waals surface area contributed by atoms with Crippen LogP contribution in [0.1, 0.15) is 53.9 Å². The van der Waals surface area contributed by atoms with E-state index in [0.717, 1.165) is 45.3 Å². The van der Waals surface area contributed by atoms with Gasteiger partial charge in [0.05, 0.1) is 17.1 Å². The van der Waals surface area contributed by atoms with E-state index >= 15 is 0 Å². The van der Waals surface area contributed by atoms with Gasteiger partial charge in [-0.15, -0.1) is 0 Å². The highest BCUT2D eigenvalue weighted by Crippen LogP contribution is 2.28. The Morgan fingerprint density at radius 2 is 1.77 bits per heavy atom. The van der Waals surface area contributed by atoms with Crippen molar-refractivity contribution in [3.05, 3.63) is 91.6 Å². The average Bonchev–Trinajstić information content (AvgIpc) is 2.82. The molecule has 0 aliphatic heterocycles. The number of rotatable bonds is 6. The van der Waals surface area contributed by atoms with Gasteiger partial charge in [-0.3, -0.25) is 14.3 Å². The van der Waals surface area contributed by atoms with Crippen molar-refractivity contribution in [1.29, 1.82) is 0 Å². The lowest BCUT2D eigenvalue weighted by Gasteiger charge is -2.17. The average molecular weight is 534 g/mol. The Kier molecular flexibility index (Phi) is 7.12. The molecule has 0 unspecified atom stereocenters. The fraction of sp³-hybridized carbons (Fsp3) is 0.296. The molecular weight excluding hydrogens is 506 g/mol. The first-order valence-corrected chi connectivity index (χ1v) is 12.2. The lowest BCUT2D eigenvalue weighted by molar-refractivity contribution is 0.284. The molecule has 4 rings (SSSR count). The SMILES string of the molecule is Cc1cccc(COc2nc(C)n(-c3cc(-c4nc(C(C)C)ncc4C)ccc3C)c(=O)c2Br)n1. The fourth-order valence-electron chi connectivity index (χ4n) is 3.81. The Morgan fingerprint density at radius 1 is 1.00 bits per heavy atom. The summed E-state index contributed by atoms with van der Waals surface area (Å²) in [7, 11) is 0. The van der Waals surface area contributed by atoms with Crippen molar-refractivity contribution in [1.82, 2.24) is 24.5 Å². The van der Waals surface area contributed by atoms with E-state index in [-0.39, 0.29) is 28.4 Å². The molecule has 0 fully saturated rings. The minimum absolute atomic E-state index is 0.215. The van der Waals surface area contributed by atoms with Crippen LogP contribution < -0.4 is 10.3 Å². The monoisotopic (exact) mass is 533 g/mol. The van der Waals surface area contributed by atoms with Crippen LogP contribution in [0.25, 0.3) is 16.9 Å². The van der Waals surface area contributed by atoms with E-state index in [1.807, 2.05) is 63.4 Å². The summed E-state index contributed by atoms with van der Waals surface area (Å²) in [5.74, 6) is 1.77. The van der Waals surface area contributed by atoms with E-state index in [4.69, 9.17) is 9.72 Å². The summed E-state index contributed by atoms with van der Waals surface area (Å²) >= 11 is 3.41. The molecule has 35 heavy (non-hydrogen) atoms. The van der Waals surface area contributed by atoms with Crippen LogP contribution in [-0.2, 0) is 6.61 Å². The van der Waals surface area contributed by atoms with Gasteiger partial charge in [0, 0.05) is 23.4 Å². The van der Waals surface area contributed by atoms with Crippen LogP contribution in [0, 0.1) is 27.7 Å². The molecule has 8 heteroatoms. The topological polar surface area (TPSA) is 82.8 Å². The molecule has 3 aromatic heterocycles. The minimum Gasteiger partial charge on any atom is -0.470 e. The van der Waals surface area contributed by atoms with Gasteiger partial charge in [-0.2, -0.15) is 4.98 Å². The van der Waals surface area contributed by atoms with E-state index in [1.165, 1.54) is 0 Å². The molecule has 0 aliphatic carbocycles. The number of aryl methyl sites for hydroxylation is 4. The van der Waals surface area contributed by atoms with E-state index < -0.39 is 0 Å². The Balaban J connectivity index is 1.75. The van der Waals surface area contributed by atoms with E-state index in [0.29, 0.717) is 5.82 Å². The van der Waals surface area contributed by atoms with Crippen molar-refractivity contribution in [3.8, 4) is 22.8 Å². The van der Waals surface area contributed by atoms with Gasteiger partial charge < -0.3 is 4.74 Å². The standard InChI is InChI=1S/C27H28BrN5O2/c1-15(2)25-29-13-17(4)24(32-25)20-11-10-16(3)22(12-20)33-19(6)31-26(23(28)27(33)34)35-14-21-9-7-8-18(5)30-21/h7-13,15H,14H2,1-6H3. The molecule has 0 atom stereocenters. The molecule has 7 nitrogen and oxygen atoms in total. The third-order valence-corrected chi connectivity index (χ3v) is 6.38. The Bertz CT molecular complexity index is 1460. The van der Waals surface area contributed by atoms with E-state index in [2.05, 4.69) is 44.7 Å². The largest absolute Gasteiger partial charge is 0.470 e. The molecule has 0 saturated heterocycles. The number of pyridine rings is 1. The molecule has 0 aliphatic rings. The van der Waals surface area contributed by atoms with Gasteiger partial charge in [0.2, 0.25) is 5.88 Å². The molecule has 0 bridgehead atoms. The summed E-state index contributed by atoms with van der Waals surface area (Å²) in [5, 5.41) is 0. The van der Waals surface area contributed by atoms with Crippen molar-refractivity contribution in [2.75, 3.05) is 0 Å². The molecule has 0 radical (unpaired) electrons. The second-order valence-electron chi connectivity index (χ2n) is 8.89. The van der Waals surface area contributed by atoms with Gasteiger partial charge in [0.25, 0.3) is 5.56 Å². The summed E-state index contributed by atoms with van der Waals surface area (Å²) in [6.07, 6.45) is 1.85. The zero-order valence-electron chi connectivity index (χ0n) is 20.8. The fourth-order valence-corrected chi connectivity index (χ4v) is 4.19. The van der Waals surface area contributed by atoms with Gasteiger partial charge in [-0.05, 0) is 73.0 Å². The highest BCUT2D eigenvalue weighted by atomic mass is 79.9. The Morgan fingerprint density at radius 3 is 2.49 bits per heavy atom. The molecule has 4 aromatic rings. The van der Waals surface area contributed by atoms with Crippen molar-refractivity contribution in [2.24, 2.45) is 0 Å². The molecular formula is C27H28BrN5O2. The van der Waals surface area contributed by atoms with Crippen LogP contribution in [0.5, 0.6) is 5.88 Å². The summed E-state index contributed by atoms with van der Waals surface area (Å²) in [5.41, 5.74) is 5.86. The first kappa shape index (κ1) is 24.7. The van der Waals surface area contributed by atoms with Crippen molar-refractivity contribution >= 4 is 15.9 Å². The van der Waals surface area contributed by atoms with Gasteiger partial charge >= 0.3 is 0 Å². The summed E-state index contributed by atoms with van der Waals surface area (Å²) in [6, 6.07) is 11.7. The predicted molar refractivity (Wildman–Crippen MR) is 140 cm³/mol. The van der Waals surface area contributed by atoms with Crippen LogP contribution in [0.15, 0.2) is 51.9 Å². The first-order valence-electron chi connectivity index (χ1n) is 11.4. The predicted octanol–water partition coefficient (Wildman–Crippen LogP) is 5.78. The molecule has 0 N–H and O–H groups in total. The van der Waals surface area contributed by atoms with Gasteiger partial charge in [0.15, 0.2) is 0 Å². The molecule has 3 heterocycles. The number of nitrogens with zero attached hydrogens (tertiary/aromatic N) is 5. The van der Waals surface area contributed by atoms with E-state index in [1.54, 1.807) is 11.5 Å².